The molecule has 0 spiro atoms. The predicted octanol–water partition coefficient (Wildman–Crippen LogP) is 2.92. The van der Waals surface area contributed by atoms with Gasteiger partial charge in [-0.3, -0.25) is 10.2 Å². The van der Waals surface area contributed by atoms with Crippen LogP contribution in [0.1, 0.15) is 23.2 Å². The van der Waals surface area contributed by atoms with Gasteiger partial charge in [-0.2, -0.15) is 0 Å². The Kier molecular flexibility index (Phi) is 4.37. The molecular weight excluding hydrogens is 338 g/mol. The van der Waals surface area contributed by atoms with Crippen LogP contribution in [0.25, 0.3) is 5.65 Å². The highest BCUT2D eigenvalue weighted by molar-refractivity contribution is 7.15. The van der Waals surface area contributed by atoms with Crippen molar-refractivity contribution in [2.45, 2.75) is 26.4 Å². The topological polar surface area (TPSA) is 71.8 Å². The van der Waals surface area contributed by atoms with Crippen molar-refractivity contribution in [1.29, 1.82) is 0 Å². The molecule has 25 heavy (non-hydrogen) atoms. The minimum Gasteiger partial charge on any atom is -0.450 e. The van der Waals surface area contributed by atoms with Gasteiger partial charge >= 0.3 is 6.09 Å². The minimum absolute atomic E-state index is 0.351. The van der Waals surface area contributed by atoms with Gasteiger partial charge < -0.3 is 9.14 Å². The van der Waals surface area contributed by atoms with Gasteiger partial charge in [0.1, 0.15) is 5.65 Å². The Morgan fingerprint density at radius 3 is 3.16 bits per heavy atom. The van der Waals surface area contributed by atoms with E-state index in [1.165, 1.54) is 16.2 Å². The normalized spacial score (nSPS) is 14.4. The van der Waals surface area contributed by atoms with E-state index >= 15 is 0 Å². The highest BCUT2D eigenvalue weighted by atomic mass is 32.1. The monoisotopic (exact) mass is 357 g/mol. The first-order valence-electron chi connectivity index (χ1n) is 8.28. The summed E-state index contributed by atoms with van der Waals surface area (Å²) in [5.74, 6) is 0. The summed E-state index contributed by atoms with van der Waals surface area (Å²) in [4.78, 5) is 24.3. The minimum atomic E-state index is -0.449. The van der Waals surface area contributed by atoms with E-state index in [0.29, 0.717) is 11.7 Å². The molecule has 0 bridgehead atoms. The maximum Gasteiger partial charge on any atom is 0.413 e. The lowest BCUT2D eigenvalue weighted by Crippen LogP contribution is -2.29. The number of fused-ring (bicyclic) bond motifs is 2. The number of anilines is 1. The van der Waals surface area contributed by atoms with Crippen LogP contribution in [0.15, 0.2) is 30.6 Å². The van der Waals surface area contributed by atoms with Crippen LogP contribution in [-0.2, 0) is 24.2 Å². The molecular formula is C17H19N5O2S. The first-order chi connectivity index (χ1) is 12.2. The molecule has 7 nitrogen and oxygen atoms in total. The number of hydrogen-bond acceptors (Lipinski definition) is 6. The molecule has 1 amide bonds. The fourth-order valence-electron chi connectivity index (χ4n) is 2.98. The van der Waals surface area contributed by atoms with Crippen molar-refractivity contribution in [3.05, 3.63) is 46.9 Å². The highest BCUT2D eigenvalue weighted by Gasteiger charge is 2.22. The maximum atomic E-state index is 11.5. The standard InChI is InChI=1S/C17H19N5O2S/c1-2-24-17(23)20-16-19-13-6-8-21(11-14(13)25-16)9-12-10-22-7-4-3-5-15(22)18-12/h3-5,7,10H,2,6,8-9,11H2,1H3,(H,19,20,23). The van der Waals surface area contributed by atoms with Crippen LogP contribution in [-0.4, -0.2) is 38.5 Å². The van der Waals surface area contributed by atoms with E-state index in [1.54, 1.807) is 6.92 Å². The third-order valence-electron chi connectivity index (χ3n) is 4.09. The van der Waals surface area contributed by atoms with Crippen molar-refractivity contribution < 1.29 is 9.53 Å². The van der Waals surface area contributed by atoms with E-state index < -0.39 is 6.09 Å². The molecule has 0 fully saturated rings. The molecule has 0 unspecified atom stereocenters. The van der Waals surface area contributed by atoms with Gasteiger partial charge in [-0.05, 0) is 19.1 Å². The molecule has 3 aromatic heterocycles. The zero-order valence-electron chi connectivity index (χ0n) is 13.9. The quantitative estimate of drug-likeness (QED) is 0.777. The third kappa shape index (κ3) is 3.49. The molecule has 0 radical (unpaired) electrons. The average Bonchev–Trinajstić information content (AvgIpc) is 3.17. The van der Waals surface area contributed by atoms with Crippen molar-refractivity contribution in [1.82, 2.24) is 19.3 Å². The first-order valence-corrected chi connectivity index (χ1v) is 9.10. The van der Waals surface area contributed by atoms with Crippen molar-refractivity contribution in [2.75, 3.05) is 18.5 Å². The van der Waals surface area contributed by atoms with Gasteiger partial charge in [0, 0.05) is 43.3 Å². The van der Waals surface area contributed by atoms with Crippen LogP contribution in [0.5, 0.6) is 0 Å². The second-order valence-corrected chi connectivity index (χ2v) is 6.98. The lowest BCUT2D eigenvalue weighted by atomic mass is 10.2. The number of thiazole rings is 1. The van der Waals surface area contributed by atoms with Crippen LogP contribution in [0, 0.1) is 0 Å². The number of carbonyl (C=O) groups excluding carboxylic acids is 1. The number of rotatable bonds is 4. The molecule has 8 heteroatoms. The Morgan fingerprint density at radius 1 is 1.40 bits per heavy atom. The van der Waals surface area contributed by atoms with Gasteiger partial charge in [-0.15, -0.1) is 0 Å². The first kappa shape index (κ1) is 16.0. The van der Waals surface area contributed by atoms with E-state index in [0.717, 1.165) is 43.1 Å². The Bertz CT molecular complexity index is 870. The fourth-order valence-corrected chi connectivity index (χ4v) is 4.02. The van der Waals surface area contributed by atoms with Crippen LogP contribution >= 0.6 is 11.3 Å². The molecule has 0 atom stereocenters. The summed E-state index contributed by atoms with van der Waals surface area (Å²) in [5, 5.41) is 3.30. The second-order valence-electron chi connectivity index (χ2n) is 5.89. The molecule has 130 valence electrons. The number of carbonyl (C=O) groups is 1. The van der Waals surface area contributed by atoms with Crippen LogP contribution in [0.4, 0.5) is 9.93 Å². The summed E-state index contributed by atoms with van der Waals surface area (Å²) < 4.78 is 6.94. The smallest absolute Gasteiger partial charge is 0.413 e. The maximum absolute atomic E-state index is 11.5. The number of nitrogens with zero attached hydrogens (tertiary/aromatic N) is 4. The largest absolute Gasteiger partial charge is 0.450 e. The lowest BCUT2D eigenvalue weighted by molar-refractivity contribution is 0.168. The molecule has 0 aliphatic carbocycles. The van der Waals surface area contributed by atoms with E-state index in [-0.39, 0.29) is 0 Å². The van der Waals surface area contributed by atoms with Gasteiger partial charge in [0.25, 0.3) is 0 Å². The number of aromatic nitrogens is 3. The average molecular weight is 357 g/mol. The van der Waals surface area contributed by atoms with Crippen molar-refractivity contribution in [3.8, 4) is 0 Å². The number of ether oxygens (including phenoxy) is 1. The second kappa shape index (κ2) is 6.81. The zero-order chi connectivity index (χ0) is 17.2. The fraction of sp³-hybridized carbons (Fsp3) is 0.353. The number of imidazole rings is 1. The summed E-state index contributed by atoms with van der Waals surface area (Å²) in [6.07, 6.45) is 4.51. The van der Waals surface area contributed by atoms with Crippen molar-refractivity contribution in [2.24, 2.45) is 0 Å². The summed E-state index contributed by atoms with van der Waals surface area (Å²) >= 11 is 1.52. The predicted molar refractivity (Wildman–Crippen MR) is 95.8 cm³/mol. The summed E-state index contributed by atoms with van der Waals surface area (Å²) in [7, 11) is 0. The lowest BCUT2D eigenvalue weighted by Gasteiger charge is -2.24. The Morgan fingerprint density at radius 2 is 2.32 bits per heavy atom. The SMILES string of the molecule is CCOC(=O)Nc1nc2c(s1)CN(Cc1cn3ccccc3n1)CC2. The Balaban J connectivity index is 1.43. The van der Waals surface area contributed by atoms with Gasteiger partial charge in [-0.25, -0.2) is 14.8 Å². The van der Waals surface area contributed by atoms with Gasteiger partial charge in [0.2, 0.25) is 0 Å². The molecule has 0 aromatic carbocycles. The summed E-state index contributed by atoms with van der Waals surface area (Å²) in [5.41, 5.74) is 3.10. The molecule has 4 heterocycles. The molecule has 1 aliphatic heterocycles. The third-order valence-corrected chi connectivity index (χ3v) is 5.09. The van der Waals surface area contributed by atoms with Gasteiger partial charge in [0.15, 0.2) is 5.13 Å². The molecule has 4 rings (SSSR count). The zero-order valence-corrected chi connectivity index (χ0v) is 14.8. The van der Waals surface area contributed by atoms with Gasteiger partial charge in [0.05, 0.1) is 18.0 Å². The van der Waals surface area contributed by atoms with Crippen molar-refractivity contribution >= 4 is 28.2 Å². The molecule has 0 saturated carbocycles. The Hall–Kier alpha value is -2.45. The van der Waals surface area contributed by atoms with E-state index in [1.807, 2.05) is 28.8 Å². The van der Waals surface area contributed by atoms with Gasteiger partial charge in [-0.1, -0.05) is 17.4 Å². The highest BCUT2D eigenvalue weighted by Crippen LogP contribution is 2.29. The summed E-state index contributed by atoms with van der Waals surface area (Å²) in [6, 6.07) is 6.00. The van der Waals surface area contributed by atoms with Crippen molar-refractivity contribution in [3.63, 3.8) is 0 Å². The van der Waals surface area contributed by atoms with Crippen LogP contribution in [0.3, 0.4) is 0 Å². The number of hydrogen-bond donors (Lipinski definition) is 1. The number of amides is 1. The van der Waals surface area contributed by atoms with E-state index in [2.05, 4.69) is 26.4 Å². The molecule has 1 aliphatic rings. The van der Waals surface area contributed by atoms with E-state index in [9.17, 15) is 4.79 Å². The molecule has 3 aromatic rings. The van der Waals surface area contributed by atoms with Crippen LogP contribution < -0.4 is 5.32 Å². The summed E-state index contributed by atoms with van der Waals surface area (Å²) in [6.45, 7) is 4.70. The van der Waals surface area contributed by atoms with E-state index in [4.69, 9.17) is 4.74 Å². The molecule has 0 saturated heterocycles. The molecule has 1 N–H and O–H groups in total. The number of nitrogens with one attached hydrogen (secondary N) is 1. The number of pyridine rings is 1. The van der Waals surface area contributed by atoms with Crippen LogP contribution in [0.2, 0.25) is 0 Å². The Labute approximate surface area is 149 Å².